The van der Waals surface area contributed by atoms with E-state index in [1.807, 2.05) is 0 Å². The van der Waals surface area contributed by atoms with E-state index >= 15 is 0 Å². The molecule has 0 bridgehead atoms. The van der Waals surface area contributed by atoms with Crippen molar-refractivity contribution in [3.05, 3.63) is 46.6 Å². The number of rotatable bonds is 4. The zero-order chi connectivity index (χ0) is 14.0. The first-order valence-electron chi connectivity index (χ1n) is 5.56. The predicted molar refractivity (Wildman–Crippen MR) is 63.7 cm³/mol. The molecule has 1 heterocycles. The van der Waals surface area contributed by atoms with Crippen LogP contribution in [0.15, 0.2) is 22.7 Å². The van der Waals surface area contributed by atoms with Crippen LogP contribution in [-0.4, -0.2) is 16.2 Å². The molecule has 100 valence electrons. The molecule has 0 aliphatic carbocycles. The maximum absolute atomic E-state index is 13.4. The van der Waals surface area contributed by atoms with Gasteiger partial charge >= 0.3 is 5.97 Å². The van der Waals surface area contributed by atoms with Gasteiger partial charge in [0, 0.05) is 6.07 Å². The predicted octanol–water partition coefficient (Wildman–Crippen LogP) is 2.71. The van der Waals surface area contributed by atoms with E-state index < -0.39 is 11.8 Å². The molecule has 1 aromatic carbocycles. The van der Waals surface area contributed by atoms with Crippen LogP contribution >= 0.6 is 0 Å². The summed E-state index contributed by atoms with van der Waals surface area (Å²) in [4.78, 5) is 10.7. The van der Waals surface area contributed by atoms with Gasteiger partial charge in [-0.1, -0.05) is 5.16 Å². The molecule has 0 atom stereocenters. The molecule has 2 rings (SSSR count). The van der Waals surface area contributed by atoms with Gasteiger partial charge in [-0.15, -0.1) is 0 Å². The second kappa shape index (κ2) is 5.09. The van der Waals surface area contributed by atoms with Crippen LogP contribution in [0.2, 0.25) is 0 Å². The Hall–Kier alpha value is -2.37. The number of nitrogens with zero attached hydrogens (tertiary/aromatic N) is 1. The van der Waals surface area contributed by atoms with Gasteiger partial charge in [0.2, 0.25) is 0 Å². The summed E-state index contributed by atoms with van der Waals surface area (Å²) in [5, 5.41) is 12.5. The average molecular weight is 265 g/mol. The standard InChI is InChI=1S/C13H12FNO4/c1-7-11(8(2)19-15-7)6-18-9-3-4-10(13(16)17)12(14)5-9/h3-5H,6H2,1-2H3,(H,16,17). The van der Waals surface area contributed by atoms with Crippen LogP contribution in [0.1, 0.15) is 27.4 Å². The fraction of sp³-hybridized carbons (Fsp3) is 0.231. The minimum absolute atomic E-state index is 0.188. The zero-order valence-electron chi connectivity index (χ0n) is 10.4. The number of carbonyl (C=O) groups is 1. The van der Waals surface area contributed by atoms with E-state index in [1.54, 1.807) is 13.8 Å². The van der Waals surface area contributed by atoms with Crippen molar-refractivity contribution in [2.75, 3.05) is 0 Å². The van der Waals surface area contributed by atoms with Gasteiger partial charge < -0.3 is 14.4 Å². The first kappa shape index (κ1) is 13.1. The fourth-order valence-electron chi connectivity index (χ4n) is 1.62. The van der Waals surface area contributed by atoms with Crippen molar-refractivity contribution in [3.8, 4) is 5.75 Å². The normalized spacial score (nSPS) is 10.5. The minimum atomic E-state index is -1.31. The first-order chi connectivity index (χ1) is 8.99. The largest absolute Gasteiger partial charge is 0.489 e. The highest BCUT2D eigenvalue weighted by Gasteiger charge is 2.13. The molecule has 0 amide bonds. The van der Waals surface area contributed by atoms with Crippen LogP contribution in [-0.2, 0) is 6.61 Å². The van der Waals surface area contributed by atoms with Crippen molar-refractivity contribution in [2.24, 2.45) is 0 Å². The highest BCUT2D eigenvalue weighted by atomic mass is 19.1. The summed E-state index contributed by atoms with van der Waals surface area (Å²) < 4.78 is 23.8. The number of benzene rings is 1. The molecule has 0 spiro atoms. The number of ether oxygens (including phenoxy) is 1. The number of halogens is 1. The summed E-state index contributed by atoms with van der Waals surface area (Å²) >= 11 is 0. The number of aromatic nitrogens is 1. The van der Waals surface area contributed by atoms with E-state index in [2.05, 4.69) is 5.16 Å². The molecule has 0 aliphatic heterocycles. The van der Waals surface area contributed by atoms with E-state index in [-0.39, 0.29) is 17.9 Å². The van der Waals surface area contributed by atoms with Crippen LogP contribution in [0.5, 0.6) is 5.75 Å². The van der Waals surface area contributed by atoms with Gasteiger partial charge in [-0.3, -0.25) is 0 Å². The molecule has 1 aromatic heterocycles. The topological polar surface area (TPSA) is 72.6 Å². The summed E-state index contributed by atoms with van der Waals surface area (Å²) in [7, 11) is 0. The average Bonchev–Trinajstić information content (AvgIpc) is 2.66. The van der Waals surface area contributed by atoms with Gasteiger partial charge in [0.15, 0.2) is 0 Å². The molecular weight excluding hydrogens is 253 g/mol. The molecule has 1 N–H and O–H groups in total. The van der Waals surface area contributed by atoms with Crippen LogP contribution in [0.4, 0.5) is 4.39 Å². The Morgan fingerprint density at radius 1 is 1.47 bits per heavy atom. The van der Waals surface area contributed by atoms with Gasteiger partial charge in [0.1, 0.15) is 23.9 Å². The highest BCUT2D eigenvalue weighted by molar-refractivity contribution is 5.88. The van der Waals surface area contributed by atoms with Crippen molar-refractivity contribution in [1.29, 1.82) is 0 Å². The van der Waals surface area contributed by atoms with Gasteiger partial charge in [0.25, 0.3) is 0 Å². The fourth-order valence-corrected chi connectivity index (χ4v) is 1.62. The molecule has 0 saturated heterocycles. The molecule has 0 fully saturated rings. The van der Waals surface area contributed by atoms with Gasteiger partial charge in [-0.25, -0.2) is 9.18 Å². The number of aryl methyl sites for hydroxylation is 2. The van der Waals surface area contributed by atoms with E-state index in [0.29, 0.717) is 11.5 Å². The monoisotopic (exact) mass is 265 g/mol. The lowest BCUT2D eigenvalue weighted by Gasteiger charge is -2.06. The smallest absolute Gasteiger partial charge is 0.338 e. The van der Waals surface area contributed by atoms with E-state index in [9.17, 15) is 9.18 Å². The number of hydrogen-bond acceptors (Lipinski definition) is 4. The van der Waals surface area contributed by atoms with Crippen LogP contribution in [0.25, 0.3) is 0 Å². The Balaban J connectivity index is 2.13. The van der Waals surface area contributed by atoms with Crippen molar-refractivity contribution in [2.45, 2.75) is 20.5 Å². The molecule has 5 nitrogen and oxygen atoms in total. The van der Waals surface area contributed by atoms with Crippen molar-refractivity contribution in [1.82, 2.24) is 5.16 Å². The Kier molecular flexibility index (Phi) is 3.50. The molecule has 2 aromatic rings. The second-order valence-electron chi connectivity index (χ2n) is 4.04. The Labute approximate surface area is 108 Å². The summed E-state index contributed by atoms with van der Waals surface area (Å²) in [6.07, 6.45) is 0. The van der Waals surface area contributed by atoms with E-state index in [1.165, 1.54) is 12.1 Å². The summed E-state index contributed by atoms with van der Waals surface area (Å²) in [5.74, 6) is -1.25. The third-order valence-electron chi connectivity index (χ3n) is 2.74. The quantitative estimate of drug-likeness (QED) is 0.920. The van der Waals surface area contributed by atoms with Crippen LogP contribution in [0.3, 0.4) is 0 Å². The summed E-state index contributed by atoms with van der Waals surface area (Å²) in [6, 6.07) is 3.62. The lowest BCUT2D eigenvalue weighted by Crippen LogP contribution is -2.02. The third kappa shape index (κ3) is 2.73. The van der Waals surface area contributed by atoms with Crippen LogP contribution < -0.4 is 4.74 Å². The lowest BCUT2D eigenvalue weighted by molar-refractivity contribution is 0.0692. The number of carboxylic acids is 1. The number of carboxylic acid groups (broad SMARTS) is 1. The zero-order valence-corrected chi connectivity index (χ0v) is 10.4. The van der Waals surface area contributed by atoms with Crippen molar-refractivity contribution < 1.29 is 23.6 Å². The molecule has 0 saturated carbocycles. The SMILES string of the molecule is Cc1noc(C)c1COc1ccc(C(=O)O)c(F)c1. The molecule has 0 aliphatic rings. The Bertz CT molecular complexity index is 602. The van der Waals surface area contributed by atoms with Crippen molar-refractivity contribution in [3.63, 3.8) is 0 Å². The molecule has 0 unspecified atom stereocenters. The highest BCUT2D eigenvalue weighted by Crippen LogP contribution is 2.20. The molecule has 19 heavy (non-hydrogen) atoms. The first-order valence-corrected chi connectivity index (χ1v) is 5.56. The minimum Gasteiger partial charge on any atom is -0.489 e. The van der Waals surface area contributed by atoms with Gasteiger partial charge in [-0.2, -0.15) is 0 Å². The van der Waals surface area contributed by atoms with Gasteiger partial charge in [0.05, 0.1) is 16.8 Å². The maximum atomic E-state index is 13.4. The van der Waals surface area contributed by atoms with E-state index in [4.69, 9.17) is 14.4 Å². The second-order valence-corrected chi connectivity index (χ2v) is 4.04. The molecule has 6 heteroatoms. The summed E-state index contributed by atoms with van der Waals surface area (Å²) in [6.45, 7) is 3.73. The van der Waals surface area contributed by atoms with E-state index in [0.717, 1.165) is 11.6 Å². The number of hydrogen-bond donors (Lipinski definition) is 1. The molecule has 0 radical (unpaired) electrons. The molecular formula is C13H12FNO4. The lowest BCUT2D eigenvalue weighted by atomic mass is 10.2. The van der Waals surface area contributed by atoms with Crippen molar-refractivity contribution >= 4 is 5.97 Å². The maximum Gasteiger partial charge on any atom is 0.338 e. The third-order valence-corrected chi connectivity index (χ3v) is 2.74. The number of aromatic carboxylic acids is 1. The Morgan fingerprint density at radius 2 is 2.21 bits per heavy atom. The summed E-state index contributed by atoms with van der Waals surface area (Å²) in [5.41, 5.74) is 1.12. The van der Waals surface area contributed by atoms with Crippen LogP contribution in [0, 0.1) is 19.7 Å². The van der Waals surface area contributed by atoms with Gasteiger partial charge in [-0.05, 0) is 26.0 Å². The Morgan fingerprint density at radius 3 is 2.74 bits per heavy atom.